The molecule has 0 aromatic rings. The third-order valence-corrected chi connectivity index (χ3v) is 3.45. The smallest absolute Gasteiger partial charge is 0.00420 e. The maximum absolute atomic E-state index is 3.55. The molecule has 0 bridgehead atoms. The number of hydrogen-bond donors (Lipinski definition) is 1. The lowest BCUT2D eigenvalue weighted by atomic mass is 9.89. The van der Waals surface area contributed by atoms with Crippen LogP contribution in [0.4, 0.5) is 0 Å². The van der Waals surface area contributed by atoms with Crippen molar-refractivity contribution in [1.29, 1.82) is 0 Å². The number of rotatable bonds is 1. The molecule has 11 heavy (non-hydrogen) atoms. The first-order valence-corrected chi connectivity index (χ1v) is 5.09. The van der Waals surface area contributed by atoms with Crippen molar-refractivity contribution in [1.82, 2.24) is 5.32 Å². The molecular weight excluding hydrogens is 134 g/mol. The maximum Gasteiger partial charge on any atom is 0.00420 e. The molecule has 2 rings (SSSR count). The standard InChI is InChI=1S/C10H19N/c1-8-6-10(7-11-8)9-4-2-3-5-9/h8-11H,2-7H2,1H3. The zero-order valence-electron chi connectivity index (χ0n) is 7.47. The molecule has 0 amide bonds. The van der Waals surface area contributed by atoms with Crippen molar-refractivity contribution in [2.24, 2.45) is 11.8 Å². The van der Waals surface area contributed by atoms with Gasteiger partial charge in [0, 0.05) is 6.04 Å². The highest BCUT2D eigenvalue weighted by atomic mass is 14.9. The monoisotopic (exact) mass is 153 g/mol. The van der Waals surface area contributed by atoms with Crippen LogP contribution >= 0.6 is 0 Å². The zero-order chi connectivity index (χ0) is 7.68. The summed E-state index contributed by atoms with van der Waals surface area (Å²) in [6, 6.07) is 0.792. The van der Waals surface area contributed by atoms with Crippen LogP contribution in [0.25, 0.3) is 0 Å². The minimum Gasteiger partial charge on any atom is -0.314 e. The lowest BCUT2D eigenvalue weighted by Crippen LogP contribution is -2.18. The molecule has 64 valence electrons. The second kappa shape index (κ2) is 3.14. The summed E-state index contributed by atoms with van der Waals surface area (Å²) in [5.41, 5.74) is 0. The molecule has 1 heterocycles. The summed E-state index contributed by atoms with van der Waals surface area (Å²) >= 11 is 0. The van der Waals surface area contributed by atoms with Crippen LogP contribution < -0.4 is 5.32 Å². The van der Waals surface area contributed by atoms with Crippen LogP contribution in [0.15, 0.2) is 0 Å². The third kappa shape index (κ3) is 1.58. The fraction of sp³-hybridized carbons (Fsp3) is 1.00. The molecule has 0 aromatic carbocycles. The molecule has 1 aliphatic carbocycles. The van der Waals surface area contributed by atoms with Gasteiger partial charge in [-0.1, -0.05) is 25.7 Å². The summed E-state index contributed by atoms with van der Waals surface area (Å²) in [6.07, 6.45) is 7.45. The summed E-state index contributed by atoms with van der Waals surface area (Å²) in [7, 11) is 0. The Bertz CT molecular complexity index is 127. The summed E-state index contributed by atoms with van der Waals surface area (Å²) in [4.78, 5) is 0. The van der Waals surface area contributed by atoms with E-state index in [-0.39, 0.29) is 0 Å². The molecule has 1 nitrogen and oxygen atoms in total. The molecule has 0 radical (unpaired) electrons. The first kappa shape index (κ1) is 7.60. The van der Waals surface area contributed by atoms with E-state index in [9.17, 15) is 0 Å². The predicted octanol–water partition coefficient (Wildman–Crippen LogP) is 2.17. The molecular formula is C10H19N. The highest BCUT2D eigenvalue weighted by Gasteiger charge is 2.29. The fourth-order valence-electron chi connectivity index (χ4n) is 2.76. The van der Waals surface area contributed by atoms with Crippen LogP contribution in [-0.2, 0) is 0 Å². The van der Waals surface area contributed by atoms with E-state index in [2.05, 4.69) is 12.2 Å². The van der Waals surface area contributed by atoms with Crippen molar-refractivity contribution in [2.75, 3.05) is 6.54 Å². The summed E-state index contributed by atoms with van der Waals surface area (Å²) in [6.45, 7) is 3.61. The van der Waals surface area contributed by atoms with Gasteiger partial charge in [-0.25, -0.2) is 0 Å². The van der Waals surface area contributed by atoms with Gasteiger partial charge in [0.1, 0.15) is 0 Å². The molecule has 2 aliphatic rings. The second-order valence-electron chi connectivity index (χ2n) is 4.35. The Morgan fingerprint density at radius 2 is 1.82 bits per heavy atom. The molecule has 2 unspecified atom stereocenters. The van der Waals surface area contributed by atoms with Crippen molar-refractivity contribution in [3.63, 3.8) is 0 Å². The Labute approximate surface area is 69.6 Å². The van der Waals surface area contributed by atoms with E-state index in [0.29, 0.717) is 0 Å². The van der Waals surface area contributed by atoms with Crippen LogP contribution in [0.3, 0.4) is 0 Å². The average molecular weight is 153 g/mol. The van der Waals surface area contributed by atoms with Gasteiger partial charge in [-0.2, -0.15) is 0 Å². The molecule has 1 aliphatic heterocycles. The van der Waals surface area contributed by atoms with Crippen molar-refractivity contribution < 1.29 is 0 Å². The maximum atomic E-state index is 3.55. The second-order valence-corrected chi connectivity index (χ2v) is 4.35. The summed E-state index contributed by atoms with van der Waals surface area (Å²) in [5, 5.41) is 3.55. The summed E-state index contributed by atoms with van der Waals surface area (Å²) in [5.74, 6) is 2.10. The van der Waals surface area contributed by atoms with Gasteiger partial charge in [-0.15, -0.1) is 0 Å². The zero-order valence-corrected chi connectivity index (χ0v) is 7.47. The van der Waals surface area contributed by atoms with E-state index in [1.807, 2.05) is 0 Å². The van der Waals surface area contributed by atoms with Crippen LogP contribution in [0.5, 0.6) is 0 Å². The van der Waals surface area contributed by atoms with Gasteiger partial charge in [-0.05, 0) is 31.7 Å². The lowest BCUT2D eigenvalue weighted by molar-refractivity contribution is 0.361. The van der Waals surface area contributed by atoms with Crippen LogP contribution in [0, 0.1) is 11.8 Å². The van der Waals surface area contributed by atoms with Crippen molar-refractivity contribution >= 4 is 0 Å². The third-order valence-electron chi connectivity index (χ3n) is 3.45. The Morgan fingerprint density at radius 1 is 1.09 bits per heavy atom. The van der Waals surface area contributed by atoms with Gasteiger partial charge in [0.05, 0.1) is 0 Å². The van der Waals surface area contributed by atoms with Crippen LogP contribution in [0.2, 0.25) is 0 Å². The first-order valence-electron chi connectivity index (χ1n) is 5.09. The SMILES string of the molecule is CC1CC(C2CCCC2)CN1. The van der Waals surface area contributed by atoms with Crippen molar-refractivity contribution in [3.8, 4) is 0 Å². The van der Waals surface area contributed by atoms with Crippen molar-refractivity contribution in [3.05, 3.63) is 0 Å². The molecule has 2 atom stereocenters. The summed E-state index contributed by atoms with van der Waals surface area (Å²) < 4.78 is 0. The van der Waals surface area contributed by atoms with E-state index in [1.165, 1.54) is 38.6 Å². The van der Waals surface area contributed by atoms with E-state index < -0.39 is 0 Å². The Morgan fingerprint density at radius 3 is 2.36 bits per heavy atom. The molecule has 1 heteroatoms. The van der Waals surface area contributed by atoms with Gasteiger partial charge in [0.2, 0.25) is 0 Å². The lowest BCUT2D eigenvalue weighted by Gasteiger charge is -2.15. The van der Waals surface area contributed by atoms with Gasteiger partial charge in [0.15, 0.2) is 0 Å². The highest BCUT2D eigenvalue weighted by molar-refractivity contribution is 4.85. The molecule has 0 spiro atoms. The van der Waals surface area contributed by atoms with Gasteiger partial charge >= 0.3 is 0 Å². The van der Waals surface area contributed by atoms with Crippen molar-refractivity contribution in [2.45, 2.75) is 45.1 Å². The minimum atomic E-state index is 0.792. The topological polar surface area (TPSA) is 12.0 Å². The van der Waals surface area contributed by atoms with Gasteiger partial charge in [0.25, 0.3) is 0 Å². The first-order chi connectivity index (χ1) is 5.36. The largest absolute Gasteiger partial charge is 0.314 e. The van der Waals surface area contributed by atoms with Gasteiger partial charge in [-0.3, -0.25) is 0 Å². The van der Waals surface area contributed by atoms with E-state index >= 15 is 0 Å². The average Bonchev–Trinajstić information content (AvgIpc) is 2.55. The Kier molecular flexibility index (Phi) is 2.17. The normalized spacial score (nSPS) is 40.1. The number of nitrogens with one attached hydrogen (secondary N) is 1. The number of hydrogen-bond acceptors (Lipinski definition) is 1. The molecule has 1 saturated heterocycles. The highest BCUT2D eigenvalue weighted by Crippen LogP contribution is 2.35. The molecule has 2 fully saturated rings. The van der Waals surface area contributed by atoms with E-state index in [4.69, 9.17) is 0 Å². The van der Waals surface area contributed by atoms with Crippen LogP contribution in [0.1, 0.15) is 39.0 Å². The fourth-order valence-corrected chi connectivity index (χ4v) is 2.76. The Hall–Kier alpha value is -0.0400. The Balaban J connectivity index is 1.85. The van der Waals surface area contributed by atoms with E-state index in [1.54, 1.807) is 0 Å². The quantitative estimate of drug-likeness (QED) is 0.609. The minimum absolute atomic E-state index is 0.792. The van der Waals surface area contributed by atoms with Gasteiger partial charge < -0.3 is 5.32 Å². The molecule has 1 N–H and O–H groups in total. The molecule has 1 saturated carbocycles. The predicted molar refractivity (Wildman–Crippen MR) is 47.5 cm³/mol. The van der Waals surface area contributed by atoms with E-state index in [0.717, 1.165) is 17.9 Å². The van der Waals surface area contributed by atoms with Crippen LogP contribution in [-0.4, -0.2) is 12.6 Å². The molecule has 0 aromatic heterocycles.